The number of hydrogen-bond donors (Lipinski definition) is 4. The second-order valence-corrected chi connectivity index (χ2v) is 9.19. The molecule has 0 atom stereocenters. The first kappa shape index (κ1) is 25.0. The fraction of sp³-hybridized carbons (Fsp3) is 0.111. The lowest BCUT2D eigenvalue weighted by Gasteiger charge is -2.13. The molecule has 3 aromatic carbocycles. The molecule has 10 heteroatoms. The molecule has 188 valence electrons. The van der Waals surface area contributed by atoms with Crippen molar-refractivity contribution in [2.24, 2.45) is 0 Å². The highest BCUT2D eigenvalue weighted by molar-refractivity contribution is 6.31. The summed E-state index contributed by atoms with van der Waals surface area (Å²) in [6.45, 7) is 0.279. The molecule has 0 spiro atoms. The van der Waals surface area contributed by atoms with Crippen LogP contribution in [-0.2, 0) is 6.54 Å². The molecule has 5 aromatic rings. The van der Waals surface area contributed by atoms with E-state index in [1.807, 2.05) is 36.4 Å². The number of hydrogen-bond acceptors (Lipinski definition) is 4. The molecule has 0 saturated carbocycles. The minimum absolute atomic E-state index is 0.0391. The van der Waals surface area contributed by atoms with E-state index >= 15 is 0 Å². The molecule has 0 unspecified atom stereocenters. The molecule has 2 heterocycles. The van der Waals surface area contributed by atoms with Crippen molar-refractivity contribution in [2.45, 2.75) is 6.54 Å². The third-order valence-electron chi connectivity index (χ3n) is 5.90. The van der Waals surface area contributed by atoms with E-state index < -0.39 is 11.7 Å². The van der Waals surface area contributed by atoms with E-state index in [0.29, 0.717) is 27.4 Å². The topological polar surface area (TPSA) is 95.0 Å². The van der Waals surface area contributed by atoms with Gasteiger partial charge in [0.05, 0.1) is 30.1 Å². The van der Waals surface area contributed by atoms with Gasteiger partial charge in [-0.25, -0.2) is 9.82 Å². The summed E-state index contributed by atoms with van der Waals surface area (Å²) >= 11 is 12.1. The molecule has 0 radical (unpaired) electrons. The number of aromatic nitrogens is 3. The Morgan fingerprint density at radius 3 is 2.65 bits per heavy atom. The Morgan fingerprint density at radius 2 is 1.89 bits per heavy atom. The van der Waals surface area contributed by atoms with Gasteiger partial charge in [0.25, 0.3) is 5.91 Å². The van der Waals surface area contributed by atoms with Crippen molar-refractivity contribution in [3.63, 3.8) is 0 Å². The van der Waals surface area contributed by atoms with Crippen LogP contribution in [0.4, 0.5) is 4.39 Å². The summed E-state index contributed by atoms with van der Waals surface area (Å²) in [5.74, 6) is -0.951. The van der Waals surface area contributed by atoms with Crippen molar-refractivity contribution in [1.82, 2.24) is 25.6 Å². The van der Waals surface area contributed by atoms with Gasteiger partial charge in [0.15, 0.2) is 0 Å². The fourth-order valence-corrected chi connectivity index (χ4v) is 4.55. The van der Waals surface area contributed by atoms with Gasteiger partial charge in [0.2, 0.25) is 0 Å². The number of fused-ring (bicyclic) bond motifs is 1. The maximum absolute atomic E-state index is 14.2. The fourth-order valence-electron chi connectivity index (χ4n) is 4.26. The van der Waals surface area contributed by atoms with Crippen LogP contribution in [0.3, 0.4) is 0 Å². The van der Waals surface area contributed by atoms with E-state index in [1.165, 1.54) is 12.1 Å². The van der Waals surface area contributed by atoms with E-state index in [9.17, 15) is 9.18 Å². The van der Waals surface area contributed by atoms with Crippen LogP contribution >= 0.6 is 23.2 Å². The summed E-state index contributed by atoms with van der Waals surface area (Å²) in [6.07, 6.45) is 1.73. The number of benzene rings is 3. The highest BCUT2D eigenvalue weighted by Crippen LogP contribution is 2.40. The van der Waals surface area contributed by atoms with Gasteiger partial charge in [0, 0.05) is 33.6 Å². The minimum atomic E-state index is -0.520. The number of halogens is 3. The van der Waals surface area contributed by atoms with Gasteiger partial charge in [-0.15, -0.1) is 0 Å². The van der Waals surface area contributed by atoms with Crippen LogP contribution < -0.4 is 10.9 Å². The Morgan fingerprint density at radius 1 is 1.08 bits per heavy atom. The van der Waals surface area contributed by atoms with Crippen molar-refractivity contribution in [1.29, 1.82) is 0 Å². The van der Waals surface area contributed by atoms with Gasteiger partial charge < -0.3 is 10.1 Å². The van der Waals surface area contributed by atoms with Crippen LogP contribution in [0.2, 0.25) is 10.0 Å². The first-order valence-electron chi connectivity index (χ1n) is 11.5. The minimum Gasteiger partial charge on any atom is -0.395 e. The zero-order valence-corrected chi connectivity index (χ0v) is 20.9. The van der Waals surface area contributed by atoms with Gasteiger partial charge in [-0.05, 0) is 35.4 Å². The lowest BCUT2D eigenvalue weighted by Crippen LogP contribution is -2.39. The van der Waals surface area contributed by atoms with Gasteiger partial charge in [-0.2, -0.15) is 5.10 Å². The number of nitrogens with zero attached hydrogens (tertiary/aromatic N) is 2. The zero-order valence-electron chi connectivity index (χ0n) is 19.4. The molecule has 0 bridgehead atoms. The molecular formula is C27H22Cl2FN5O2. The van der Waals surface area contributed by atoms with Crippen molar-refractivity contribution in [3.8, 4) is 22.4 Å². The third-order valence-corrected chi connectivity index (χ3v) is 6.45. The highest BCUT2D eigenvalue weighted by Gasteiger charge is 2.26. The number of aliphatic hydroxyl groups excluding tert-OH is 1. The number of rotatable bonds is 8. The number of carbonyl (C=O) groups is 1. The maximum Gasteiger partial charge on any atom is 0.282 e. The molecule has 5 rings (SSSR count). The predicted molar refractivity (Wildman–Crippen MR) is 143 cm³/mol. The number of amides is 1. The SMILES string of the molecule is O=C(NNCCO)c1[nH]c2cc(Cl)ccc2c1-c1c(-c2ccccc2)cnn1Cc1ccc(Cl)c(F)c1. The molecule has 2 aromatic heterocycles. The molecule has 7 nitrogen and oxygen atoms in total. The molecule has 0 aliphatic carbocycles. The molecule has 0 aliphatic rings. The molecule has 1 amide bonds. The smallest absolute Gasteiger partial charge is 0.282 e. The van der Waals surface area contributed by atoms with E-state index in [4.69, 9.17) is 28.3 Å². The maximum atomic E-state index is 14.2. The largest absolute Gasteiger partial charge is 0.395 e. The summed E-state index contributed by atoms with van der Waals surface area (Å²) in [5, 5.41) is 15.0. The van der Waals surface area contributed by atoms with Crippen LogP contribution in [-0.4, -0.2) is 38.9 Å². The molecule has 0 fully saturated rings. The van der Waals surface area contributed by atoms with Crippen molar-refractivity contribution >= 4 is 40.0 Å². The summed E-state index contributed by atoms with van der Waals surface area (Å²) in [7, 11) is 0. The Labute approximate surface area is 221 Å². The Bertz CT molecular complexity index is 1580. The summed E-state index contributed by atoms with van der Waals surface area (Å²) in [6, 6.07) is 19.6. The quantitative estimate of drug-likeness (QED) is 0.157. The van der Waals surface area contributed by atoms with Crippen LogP contribution in [0.15, 0.2) is 72.9 Å². The summed E-state index contributed by atoms with van der Waals surface area (Å²) in [4.78, 5) is 16.5. The van der Waals surface area contributed by atoms with Crippen molar-refractivity contribution in [2.75, 3.05) is 13.2 Å². The highest BCUT2D eigenvalue weighted by atomic mass is 35.5. The number of aromatic amines is 1. The predicted octanol–water partition coefficient (Wildman–Crippen LogP) is 5.42. The van der Waals surface area contributed by atoms with Crippen LogP contribution in [0.5, 0.6) is 0 Å². The lowest BCUT2D eigenvalue weighted by atomic mass is 9.98. The van der Waals surface area contributed by atoms with E-state index in [1.54, 1.807) is 29.1 Å². The Kier molecular flexibility index (Phi) is 7.25. The number of carbonyl (C=O) groups excluding carboxylic acids is 1. The van der Waals surface area contributed by atoms with Crippen LogP contribution in [0.25, 0.3) is 33.3 Å². The van der Waals surface area contributed by atoms with E-state index in [0.717, 1.165) is 16.5 Å². The molecule has 0 saturated heterocycles. The normalized spacial score (nSPS) is 11.2. The second kappa shape index (κ2) is 10.7. The van der Waals surface area contributed by atoms with E-state index in [-0.39, 0.29) is 30.4 Å². The first-order chi connectivity index (χ1) is 18.0. The van der Waals surface area contributed by atoms with Gasteiger partial charge in [-0.1, -0.05) is 65.7 Å². The average molecular weight is 538 g/mol. The number of aliphatic hydroxyl groups is 1. The number of nitrogens with one attached hydrogen (secondary N) is 3. The zero-order chi connectivity index (χ0) is 25.9. The van der Waals surface area contributed by atoms with Gasteiger partial charge in [-0.3, -0.25) is 14.9 Å². The van der Waals surface area contributed by atoms with Gasteiger partial charge in [0.1, 0.15) is 11.5 Å². The first-order valence-corrected chi connectivity index (χ1v) is 12.2. The molecule has 0 aliphatic heterocycles. The molecular weight excluding hydrogens is 516 g/mol. The van der Waals surface area contributed by atoms with E-state index in [2.05, 4.69) is 20.9 Å². The summed E-state index contributed by atoms with van der Waals surface area (Å²) in [5.41, 5.74) is 9.90. The van der Waals surface area contributed by atoms with Crippen molar-refractivity contribution < 1.29 is 14.3 Å². The van der Waals surface area contributed by atoms with Gasteiger partial charge >= 0.3 is 0 Å². The lowest BCUT2D eigenvalue weighted by molar-refractivity contribution is 0.0926. The second-order valence-electron chi connectivity index (χ2n) is 8.35. The standard InChI is InChI=1S/C27H22Cl2FN5O2/c28-18-7-8-19-23(13-18)33-25(27(37)34-31-10-11-36)24(19)26-20(17-4-2-1-3-5-17)14-32-35(26)15-16-6-9-21(29)22(30)12-16/h1-9,12-14,31,33,36H,10-11,15H2,(H,34,37). The summed E-state index contributed by atoms with van der Waals surface area (Å²) < 4.78 is 16.0. The number of H-pyrrole nitrogens is 1. The Hall–Kier alpha value is -3.69. The van der Waals surface area contributed by atoms with Crippen LogP contribution in [0, 0.1) is 5.82 Å². The molecule has 37 heavy (non-hydrogen) atoms. The monoisotopic (exact) mass is 537 g/mol. The number of hydrazine groups is 1. The van der Waals surface area contributed by atoms with Crippen LogP contribution in [0.1, 0.15) is 16.1 Å². The third kappa shape index (κ3) is 5.10. The van der Waals surface area contributed by atoms with Crippen molar-refractivity contribution in [3.05, 3.63) is 100 Å². The Balaban J connectivity index is 1.73. The average Bonchev–Trinajstić information content (AvgIpc) is 3.47. The molecule has 4 N–H and O–H groups in total.